The lowest BCUT2D eigenvalue weighted by molar-refractivity contribution is 0.0941. The van der Waals surface area contributed by atoms with Gasteiger partial charge in [-0.25, -0.2) is 0 Å². The van der Waals surface area contributed by atoms with Crippen LogP contribution in [-0.4, -0.2) is 28.6 Å². The fourth-order valence-corrected chi connectivity index (χ4v) is 3.46. The lowest BCUT2D eigenvalue weighted by atomic mass is 9.84. The van der Waals surface area contributed by atoms with Gasteiger partial charge in [0.1, 0.15) is 5.75 Å². The van der Waals surface area contributed by atoms with Crippen molar-refractivity contribution in [3.05, 3.63) is 27.3 Å². The predicted molar refractivity (Wildman–Crippen MR) is 83.3 cm³/mol. The van der Waals surface area contributed by atoms with E-state index in [2.05, 4.69) is 34.2 Å². The fraction of sp³-hybridized carbons (Fsp3) is 0.462. The monoisotopic (exact) mass is 377 g/mol. The van der Waals surface area contributed by atoms with Crippen molar-refractivity contribution in [3.63, 3.8) is 0 Å². The van der Waals surface area contributed by atoms with E-state index in [-0.39, 0.29) is 16.4 Å². The molecular formula is C13H16INO2S. The molecule has 3 nitrogen and oxygen atoms in total. The molecule has 0 atom stereocenters. The Morgan fingerprint density at radius 1 is 1.56 bits per heavy atom. The number of halogens is 1. The average molecular weight is 377 g/mol. The van der Waals surface area contributed by atoms with Gasteiger partial charge >= 0.3 is 0 Å². The topological polar surface area (TPSA) is 49.3 Å². The SMILES string of the molecule is CSC1(CNC(=O)c2cc(I)ccc2O)CCC1. The molecule has 1 fully saturated rings. The molecule has 18 heavy (non-hydrogen) atoms. The number of phenols is 1. The molecule has 0 heterocycles. The lowest BCUT2D eigenvalue weighted by Gasteiger charge is -2.40. The number of carbonyl (C=O) groups excluding carboxylic acids is 1. The van der Waals surface area contributed by atoms with Crippen molar-refractivity contribution in [2.75, 3.05) is 12.8 Å². The van der Waals surface area contributed by atoms with Gasteiger partial charge in [0.05, 0.1) is 5.56 Å². The molecule has 98 valence electrons. The normalized spacial score (nSPS) is 17.0. The number of hydrogen-bond acceptors (Lipinski definition) is 3. The number of benzene rings is 1. The third kappa shape index (κ3) is 2.93. The Balaban J connectivity index is 2.01. The molecule has 1 aliphatic rings. The van der Waals surface area contributed by atoms with Gasteiger partial charge < -0.3 is 10.4 Å². The molecule has 0 aromatic heterocycles. The van der Waals surface area contributed by atoms with Gasteiger partial charge in [0.25, 0.3) is 5.91 Å². The molecule has 0 aliphatic heterocycles. The molecule has 2 rings (SSSR count). The van der Waals surface area contributed by atoms with E-state index in [1.807, 2.05) is 11.8 Å². The van der Waals surface area contributed by atoms with E-state index in [0.717, 1.165) is 16.4 Å². The highest BCUT2D eigenvalue weighted by Crippen LogP contribution is 2.42. The van der Waals surface area contributed by atoms with Crippen LogP contribution in [0.4, 0.5) is 0 Å². The lowest BCUT2D eigenvalue weighted by Crippen LogP contribution is -2.45. The summed E-state index contributed by atoms with van der Waals surface area (Å²) < 4.78 is 1.16. The van der Waals surface area contributed by atoms with Crippen molar-refractivity contribution in [3.8, 4) is 5.75 Å². The van der Waals surface area contributed by atoms with Crippen LogP contribution in [0.25, 0.3) is 0 Å². The van der Waals surface area contributed by atoms with Crippen LogP contribution in [-0.2, 0) is 0 Å². The molecule has 2 N–H and O–H groups in total. The summed E-state index contributed by atoms with van der Waals surface area (Å²) in [5, 5.41) is 12.6. The van der Waals surface area contributed by atoms with Crippen molar-refractivity contribution in [1.29, 1.82) is 0 Å². The largest absolute Gasteiger partial charge is 0.507 e. The van der Waals surface area contributed by atoms with Gasteiger partial charge in [-0.2, -0.15) is 11.8 Å². The summed E-state index contributed by atoms with van der Waals surface area (Å²) in [4.78, 5) is 12.0. The van der Waals surface area contributed by atoms with Crippen molar-refractivity contribution in [1.82, 2.24) is 5.32 Å². The molecule has 1 saturated carbocycles. The van der Waals surface area contributed by atoms with Gasteiger partial charge in [-0.3, -0.25) is 4.79 Å². The van der Waals surface area contributed by atoms with Gasteiger partial charge in [0.2, 0.25) is 0 Å². The smallest absolute Gasteiger partial charge is 0.255 e. The molecule has 0 radical (unpaired) electrons. The summed E-state index contributed by atoms with van der Waals surface area (Å²) in [5.41, 5.74) is 0.359. The Labute approximate surface area is 125 Å². The zero-order valence-electron chi connectivity index (χ0n) is 10.2. The van der Waals surface area contributed by atoms with Crippen LogP contribution in [0.3, 0.4) is 0 Å². The molecule has 1 aromatic carbocycles. The number of amides is 1. The summed E-state index contributed by atoms with van der Waals surface area (Å²) in [6.45, 7) is 0.678. The molecule has 0 saturated heterocycles. The first-order valence-electron chi connectivity index (χ1n) is 5.88. The minimum atomic E-state index is -0.189. The van der Waals surface area contributed by atoms with Gasteiger partial charge in [-0.05, 0) is 59.9 Å². The molecular weight excluding hydrogens is 361 g/mol. The number of phenolic OH excluding ortho intramolecular Hbond substituents is 1. The highest BCUT2D eigenvalue weighted by molar-refractivity contribution is 14.1. The second-order valence-electron chi connectivity index (χ2n) is 4.58. The summed E-state index contributed by atoms with van der Waals surface area (Å²) in [5.74, 6) is -0.147. The third-order valence-electron chi connectivity index (χ3n) is 3.47. The van der Waals surface area contributed by atoms with Crippen molar-refractivity contribution < 1.29 is 9.90 Å². The van der Waals surface area contributed by atoms with E-state index in [1.165, 1.54) is 6.42 Å². The number of rotatable bonds is 4. The first-order valence-corrected chi connectivity index (χ1v) is 8.18. The van der Waals surface area contributed by atoms with Crippen LogP contribution in [0.2, 0.25) is 0 Å². The maximum atomic E-state index is 12.0. The second kappa shape index (κ2) is 5.69. The standard InChI is InChI=1S/C13H16INO2S/c1-18-13(5-2-6-13)8-15-12(17)10-7-9(14)3-4-11(10)16/h3-4,7,16H,2,5-6,8H2,1H3,(H,15,17). The number of thioether (sulfide) groups is 1. The minimum Gasteiger partial charge on any atom is -0.507 e. The highest BCUT2D eigenvalue weighted by atomic mass is 127. The summed E-state index contributed by atoms with van der Waals surface area (Å²) in [7, 11) is 0. The minimum absolute atomic E-state index is 0.0414. The molecule has 1 amide bonds. The molecule has 5 heteroatoms. The second-order valence-corrected chi connectivity index (χ2v) is 7.10. The van der Waals surface area contributed by atoms with Crippen LogP contribution >= 0.6 is 34.4 Å². The maximum Gasteiger partial charge on any atom is 0.255 e. The average Bonchev–Trinajstić information content (AvgIpc) is 2.31. The number of aromatic hydroxyl groups is 1. The summed E-state index contributed by atoms with van der Waals surface area (Å²) >= 11 is 3.96. The van der Waals surface area contributed by atoms with Crippen LogP contribution in [0.1, 0.15) is 29.6 Å². The molecule has 1 aromatic rings. The Bertz CT molecular complexity index is 455. The summed E-state index contributed by atoms with van der Waals surface area (Å²) in [6.07, 6.45) is 5.65. The van der Waals surface area contributed by atoms with Crippen LogP contribution < -0.4 is 5.32 Å². The maximum absolute atomic E-state index is 12.0. The van der Waals surface area contributed by atoms with Gasteiger partial charge in [0.15, 0.2) is 0 Å². The van der Waals surface area contributed by atoms with Gasteiger partial charge in [-0.1, -0.05) is 6.42 Å². The zero-order valence-corrected chi connectivity index (χ0v) is 13.2. The van der Waals surface area contributed by atoms with Gasteiger partial charge in [0, 0.05) is 14.9 Å². The zero-order chi connectivity index (χ0) is 13.2. The Hall–Kier alpha value is -0.430. The first kappa shape index (κ1) is 14.0. The number of hydrogen-bond donors (Lipinski definition) is 2. The summed E-state index contributed by atoms with van der Waals surface area (Å²) in [6, 6.07) is 5.05. The Morgan fingerprint density at radius 3 is 2.83 bits per heavy atom. The highest BCUT2D eigenvalue weighted by Gasteiger charge is 2.36. The molecule has 0 bridgehead atoms. The number of carbonyl (C=O) groups is 1. The predicted octanol–water partition coefficient (Wildman–Crippen LogP) is 3.01. The third-order valence-corrected chi connectivity index (χ3v) is 5.56. The van der Waals surface area contributed by atoms with Crippen LogP contribution in [0.15, 0.2) is 18.2 Å². The van der Waals surface area contributed by atoms with Crippen molar-refractivity contribution in [2.45, 2.75) is 24.0 Å². The van der Waals surface area contributed by atoms with Crippen molar-refractivity contribution in [2.24, 2.45) is 0 Å². The van der Waals surface area contributed by atoms with E-state index in [0.29, 0.717) is 12.1 Å². The van der Waals surface area contributed by atoms with E-state index in [4.69, 9.17) is 0 Å². The number of nitrogens with one attached hydrogen (secondary N) is 1. The molecule has 0 spiro atoms. The first-order chi connectivity index (χ1) is 8.56. The van der Waals surface area contributed by atoms with Crippen LogP contribution in [0, 0.1) is 3.57 Å². The van der Waals surface area contributed by atoms with Crippen molar-refractivity contribution >= 4 is 40.3 Å². The van der Waals surface area contributed by atoms with Gasteiger partial charge in [-0.15, -0.1) is 0 Å². The van der Waals surface area contributed by atoms with E-state index >= 15 is 0 Å². The quantitative estimate of drug-likeness (QED) is 0.794. The molecule has 1 aliphatic carbocycles. The fourth-order valence-electron chi connectivity index (χ4n) is 2.05. The molecule has 0 unspecified atom stereocenters. The van der Waals surface area contributed by atoms with E-state index in [1.54, 1.807) is 18.2 Å². The Kier molecular flexibility index (Phi) is 4.42. The van der Waals surface area contributed by atoms with E-state index < -0.39 is 0 Å². The van der Waals surface area contributed by atoms with Crippen LogP contribution in [0.5, 0.6) is 5.75 Å². The Morgan fingerprint density at radius 2 is 2.28 bits per heavy atom. The van der Waals surface area contributed by atoms with E-state index in [9.17, 15) is 9.90 Å².